The first-order valence-electron chi connectivity index (χ1n) is 7.45. The van der Waals surface area contributed by atoms with Crippen molar-refractivity contribution in [1.82, 2.24) is 5.43 Å². The van der Waals surface area contributed by atoms with Crippen molar-refractivity contribution >= 4 is 34.8 Å². The second-order valence-electron chi connectivity index (χ2n) is 5.32. The van der Waals surface area contributed by atoms with E-state index in [0.29, 0.717) is 22.9 Å². The molecule has 0 aliphatic carbocycles. The number of carbonyl (C=O) groups excluding carboxylic acids is 1. The molecule has 5 heteroatoms. The quantitative estimate of drug-likeness (QED) is 0.754. The molecule has 0 radical (unpaired) electrons. The lowest BCUT2D eigenvalue weighted by Crippen LogP contribution is -2.25. The summed E-state index contributed by atoms with van der Waals surface area (Å²) in [5, 5.41) is 5.46. The number of halogens is 2. The number of carbonyl (C=O) groups is 1. The molecule has 21 heavy (non-hydrogen) atoms. The van der Waals surface area contributed by atoms with Gasteiger partial charge in [0.25, 0.3) is 0 Å². The third-order valence-corrected chi connectivity index (χ3v) is 4.33. The molecule has 0 bridgehead atoms. The number of hydrogen-bond acceptors (Lipinski definition) is 2. The van der Waals surface area contributed by atoms with Gasteiger partial charge < -0.3 is 0 Å². The van der Waals surface area contributed by atoms with Crippen LogP contribution in [0.3, 0.4) is 0 Å². The topological polar surface area (TPSA) is 41.5 Å². The maximum Gasteiger partial charge on any atom is 0.240 e. The molecule has 0 saturated heterocycles. The molecular weight excluding hydrogens is 307 g/mol. The van der Waals surface area contributed by atoms with Crippen LogP contribution >= 0.6 is 23.2 Å². The average molecular weight is 327 g/mol. The highest BCUT2D eigenvalue weighted by Gasteiger charge is 2.16. The third kappa shape index (κ3) is 4.45. The smallest absolute Gasteiger partial charge is 0.240 e. The van der Waals surface area contributed by atoms with Gasteiger partial charge >= 0.3 is 0 Å². The van der Waals surface area contributed by atoms with E-state index in [9.17, 15) is 4.79 Å². The standard InChI is InChI=1S/C16H20Cl2N2O/c1-2-3-4-5-6-12-13(17)9-11(10-14(12)18)15-7-8-16(21)20-19-15/h9-10H,2-8H2,1H3,(H,20,21). The van der Waals surface area contributed by atoms with Gasteiger partial charge in [-0.3, -0.25) is 4.79 Å². The van der Waals surface area contributed by atoms with Crippen LogP contribution < -0.4 is 5.43 Å². The number of benzene rings is 1. The number of rotatable bonds is 6. The summed E-state index contributed by atoms with van der Waals surface area (Å²) in [6.45, 7) is 2.19. The van der Waals surface area contributed by atoms with E-state index in [1.165, 1.54) is 19.3 Å². The van der Waals surface area contributed by atoms with E-state index < -0.39 is 0 Å². The first kappa shape index (κ1) is 16.3. The summed E-state index contributed by atoms with van der Waals surface area (Å²) in [5.74, 6) is -0.0523. The van der Waals surface area contributed by atoms with Crippen LogP contribution in [0.15, 0.2) is 17.2 Å². The zero-order valence-corrected chi connectivity index (χ0v) is 13.7. The van der Waals surface area contributed by atoms with Gasteiger partial charge in [-0.05, 0) is 30.5 Å². The predicted octanol–water partition coefficient (Wildman–Crippen LogP) is 4.73. The molecule has 0 atom stereocenters. The number of hydrazone groups is 1. The fourth-order valence-electron chi connectivity index (χ4n) is 2.42. The molecule has 0 aromatic heterocycles. The van der Waals surface area contributed by atoms with Crippen LogP contribution in [0.5, 0.6) is 0 Å². The Bertz CT molecular complexity index is 532. The molecule has 1 aromatic carbocycles. The average Bonchev–Trinajstić information content (AvgIpc) is 2.46. The lowest BCUT2D eigenvalue weighted by molar-refractivity contribution is -0.121. The van der Waals surface area contributed by atoms with E-state index in [-0.39, 0.29) is 5.91 Å². The summed E-state index contributed by atoms with van der Waals surface area (Å²) in [7, 11) is 0. The molecule has 1 amide bonds. The molecule has 1 heterocycles. The highest BCUT2D eigenvalue weighted by molar-refractivity contribution is 6.36. The van der Waals surface area contributed by atoms with Crippen molar-refractivity contribution in [3.8, 4) is 0 Å². The SMILES string of the molecule is CCCCCCc1c(Cl)cc(C2=NNC(=O)CC2)cc1Cl. The van der Waals surface area contributed by atoms with Gasteiger partial charge in [-0.2, -0.15) is 5.10 Å². The van der Waals surface area contributed by atoms with Gasteiger partial charge in [0, 0.05) is 28.5 Å². The Hall–Kier alpha value is -1.06. The Morgan fingerprint density at radius 1 is 1.14 bits per heavy atom. The number of hydrogen-bond donors (Lipinski definition) is 1. The second-order valence-corrected chi connectivity index (χ2v) is 6.14. The van der Waals surface area contributed by atoms with Crippen molar-refractivity contribution in [3.63, 3.8) is 0 Å². The fourth-order valence-corrected chi connectivity index (χ4v) is 3.10. The molecule has 114 valence electrons. The Balaban J connectivity index is 2.11. The molecule has 0 spiro atoms. The van der Waals surface area contributed by atoms with Gasteiger partial charge in [0.2, 0.25) is 5.91 Å². The van der Waals surface area contributed by atoms with Gasteiger partial charge in [0.05, 0.1) is 5.71 Å². The molecular formula is C16H20Cl2N2O. The zero-order valence-electron chi connectivity index (χ0n) is 12.2. The van der Waals surface area contributed by atoms with Crippen LogP contribution in [0.1, 0.15) is 56.6 Å². The van der Waals surface area contributed by atoms with Crippen LogP contribution in [0, 0.1) is 0 Å². The molecule has 1 N–H and O–H groups in total. The van der Waals surface area contributed by atoms with Gasteiger partial charge in [0.1, 0.15) is 0 Å². The van der Waals surface area contributed by atoms with Crippen LogP contribution in [0.2, 0.25) is 10.0 Å². The Morgan fingerprint density at radius 2 is 1.86 bits per heavy atom. The van der Waals surface area contributed by atoms with Crippen LogP contribution in [0.4, 0.5) is 0 Å². The Labute approximate surface area is 135 Å². The van der Waals surface area contributed by atoms with Crippen molar-refractivity contribution in [2.45, 2.75) is 51.9 Å². The first-order valence-corrected chi connectivity index (χ1v) is 8.21. The van der Waals surface area contributed by atoms with E-state index in [4.69, 9.17) is 23.2 Å². The molecule has 1 aliphatic rings. The maximum atomic E-state index is 11.1. The van der Waals surface area contributed by atoms with Crippen molar-refractivity contribution in [1.29, 1.82) is 0 Å². The summed E-state index contributed by atoms with van der Waals surface area (Å²) < 4.78 is 0. The van der Waals surface area contributed by atoms with Crippen LogP contribution in [0.25, 0.3) is 0 Å². The summed E-state index contributed by atoms with van der Waals surface area (Å²) >= 11 is 12.7. The summed E-state index contributed by atoms with van der Waals surface area (Å²) in [5.41, 5.74) is 5.23. The molecule has 3 nitrogen and oxygen atoms in total. The van der Waals surface area contributed by atoms with Gasteiger partial charge in [-0.15, -0.1) is 0 Å². The van der Waals surface area contributed by atoms with E-state index in [2.05, 4.69) is 17.5 Å². The fraction of sp³-hybridized carbons (Fsp3) is 0.500. The van der Waals surface area contributed by atoms with Crippen LogP contribution in [-0.4, -0.2) is 11.6 Å². The minimum Gasteiger partial charge on any atom is -0.273 e. The lowest BCUT2D eigenvalue weighted by Gasteiger charge is -2.14. The number of unbranched alkanes of at least 4 members (excludes halogenated alkanes) is 3. The van der Waals surface area contributed by atoms with E-state index in [0.717, 1.165) is 29.7 Å². The van der Waals surface area contributed by atoms with Gasteiger partial charge in [0.15, 0.2) is 0 Å². The molecule has 1 aromatic rings. The highest BCUT2D eigenvalue weighted by atomic mass is 35.5. The normalized spacial score (nSPS) is 14.8. The summed E-state index contributed by atoms with van der Waals surface area (Å²) in [6, 6.07) is 3.80. The number of nitrogens with one attached hydrogen (secondary N) is 1. The first-order chi connectivity index (χ1) is 10.1. The van der Waals surface area contributed by atoms with Crippen molar-refractivity contribution < 1.29 is 4.79 Å². The lowest BCUT2D eigenvalue weighted by atomic mass is 10.00. The van der Waals surface area contributed by atoms with Gasteiger partial charge in [-0.25, -0.2) is 5.43 Å². The van der Waals surface area contributed by atoms with E-state index in [1.54, 1.807) is 0 Å². The summed E-state index contributed by atoms with van der Waals surface area (Å²) in [4.78, 5) is 11.1. The largest absolute Gasteiger partial charge is 0.273 e. The maximum absolute atomic E-state index is 11.1. The molecule has 0 fully saturated rings. The Kier molecular flexibility index (Phi) is 6.07. The monoisotopic (exact) mass is 326 g/mol. The molecule has 2 rings (SSSR count). The van der Waals surface area contributed by atoms with E-state index >= 15 is 0 Å². The zero-order chi connectivity index (χ0) is 15.2. The van der Waals surface area contributed by atoms with Crippen molar-refractivity contribution in [2.24, 2.45) is 5.10 Å². The summed E-state index contributed by atoms with van der Waals surface area (Å²) in [6.07, 6.45) is 6.73. The minimum absolute atomic E-state index is 0.0523. The minimum atomic E-state index is -0.0523. The van der Waals surface area contributed by atoms with E-state index in [1.807, 2.05) is 12.1 Å². The Morgan fingerprint density at radius 3 is 2.43 bits per heavy atom. The van der Waals surface area contributed by atoms with Crippen molar-refractivity contribution in [3.05, 3.63) is 33.3 Å². The highest BCUT2D eigenvalue weighted by Crippen LogP contribution is 2.29. The molecule has 0 saturated carbocycles. The number of nitrogens with zero attached hydrogens (tertiary/aromatic N) is 1. The third-order valence-electron chi connectivity index (χ3n) is 3.66. The second kappa shape index (κ2) is 7.81. The predicted molar refractivity (Wildman–Crippen MR) is 88.2 cm³/mol. The molecule has 1 aliphatic heterocycles. The molecule has 0 unspecified atom stereocenters. The van der Waals surface area contributed by atoms with Gasteiger partial charge in [-0.1, -0.05) is 49.4 Å². The number of amides is 1. The van der Waals surface area contributed by atoms with Crippen molar-refractivity contribution in [2.75, 3.05) is 0 Å². The van der Waals surface area contributed by atoms with Crippen LogP contribution in [-0.2, 0) is 11.2 Å².